The molecule has 0 amide bonds. The van der Waals surface area contributed by atoms with Crippen LogP contribution in [-0.2, 0) is 0 Å². The lowest BCUT2D eigenvalue weighted by molar-refractivity contribution is 0.156. The molecule has 12 heavy (non-hydrogen) atoms. The quantitative estimate of drug-likeness (QED) is 0.539. The van der Waals surface area contributed by atoms with Gasteiger partial charge in [-0.3, -0.25) is 4.90 Å². The summed E-state index contributed by atoms with van der Waals surface area (Å²) in [6, 6.07) is 0.721. The lowest BCUT2D eigenvalue weighted by Gasteiger charge is -2.45. The maximum Gasteiger partial charge on any atom is 0.0168 e. The van der Waals surface area contributed by atoms with Crippen LogP contribution in [0.5, 0.6) is 0 Å². The standard InChI is InChI=1S/C11H19N/c1-8(2)12-5-4-11-9(3)6-10(11)7-12/h4,8-10H,5-7H2,1-3H3. The Labute approximate surface area is 75.4 Å². The van der Waals surface area contributed by atoms with Gasteiger partial charge in [-0.2, -0.15) is 0 Å². The van der Waals surface area contributed by atoms with E-state index in [2.05, 4.69) is 31.7 Å². The van der Waals surface area contributed by atoms with Crippen molar-refractivity contribution in [2.45, 2.75) is 33.2 Å². The van der Waals surface area contributed by atoms with Crippen LogP contribution < -0.4 is 0 Å². The third-order valence-corrected chi connectivity index (χ3v) is 3.43. The highest BCUT2D eigenvalue weighted by molar-refractivity contribution is 5.23. The second-order valence-corrected chi connectivity index (χ2v) is 4.59. The predicted molar refractivity (Wildman–Crippen MR) is 52.1 cm³/mol. The summed E-state index contributed by atoms with van der Waals surface area (Å²) in [5.74, 6) is 1.81. The SMILES string of the molecule is CC1CC2CN(C(C)C)CC=C12. The van der Waals surface area contributed by atoms with E-state index in [1.807, 2.05) is 0 Å². The van der Waals surface area contributed by atoms with E-state index in [-0.39, 0.29) is 0 Å². The molecule has 1 nitrogen and oxygen atoms in total. The van der Waals surface area contributed by atoms with Crippen LogP contribution in [0.3, 0.4) is 0 Å². The van der Waals surface area contributed by atoms with E-state index >= 15 is 0 Å². The Hall–Kier alpha value is -0.300. The van der Waals surface area contributed by atoms with Gasteiger partial charge in [-0.15, -0.1) is 0 Å². The molecule has 1 aliphatic carbocycles. The van der Waals surface area contributed by atoms with Gasteiger partial charge >= 0.3 is 0 Å². The summed E-state index contributed by atoms with van der Waals surface area (Å²) in [6.07, 6.45) is 3.89. The Morgan fingerprint density at radius 3 is 2.75 bits per heavy atom. The first kappa shape index (κ1) is 8.31. The van der Waals surface area contributed by atoms with Crippen molar-refractivity contribution in [3.63, 3.8) is 0 Å². The molecule has 0 bridgehead atoms. The fourth-order valence-electron chi connectivity index (χ4n) is 2.49. The molecule has 0 aromatic heterocycles. The van der Waals surface area contributed by atoms with Crippen LogP contribution in [0.1, 0.15) is 27.2 Å². The highest BCUT2D eigenvalue weighted by Crippen LogP contribution is 2.42. The summed E-state index contributed by atoms with van der Waals surface area (Å²) >= 11 is 0. The molecule has 1 heteroatoms. The van der Waals surface area contributed by atoms with Gasteiger partial charge in [0.25, 0.3) is 0 Å². The van der Waals surface area contributed by atoms with Crippen LogP contribution in [0.25, 0.3) is 0 Å². The van der Waals surface area contributed by atoms with E-state index in [9.17, 15) is 0 Å². The molecule has 0 aromatic carbocycles. The highest BCUT2D eigenvalue weighted by atomic mass is 15.2. The van der Waals surface area contributed by atoms with Crippen molar-refractivity contribution in [1.29, 1.82) is 0 Å². The molecule has 0 saturated heterocycles. The van der Waals surface area contributed by atoms with Gasteiger partial charge in [0, 0.05) is 19.1 Å². The molecule has 1 heterocycles. The van der Waals surface area contributed by atoms with Gasteiger partial charge in [0.15, 0.2) is 0 Å². The van der Waals surface area contributed by atoms with E-state index in [0.717, 1.165) is 17.9 Å². The van der Waals surface area contributed by atoms with Crippen molar-refractivity contribution in [2.24, 2.45) is 11.8 Å². The maximum absolute atomic E-state index is 2.57. The molecule has 1 fully saturated rings. The largest absolute Gasteiger partial charge is 0.297 e. The number of rotatable bonds is 1. The Morgan fingerprint density at radius 1 is 1.50 bits per heavy atom. The molecule has 2 unspecified atom stereocenters. The minimum absolute atomic E-state index is 0.721. The van der Waals surface area contributed by atoms with Gasteiger partial charge in [0.2, 0.25) is 0 Å². The molecular weight excluding hydrogens is 146 g/mol. The Morgan fingerprint density at radius 2 is 2.25 bits per heavy atom. The molecule has 0 spiro atoms. The summed E-state index contributed by atoms with van der Waals surface area (Å²) < 4.78 is 0. The minimum Gasteiger partial charge on any atom is -0.297 e. The fourth-order valence-corrected chi connectivity index (χ4v) is 2.49. The van der Waals surface area contributed by atoms with E-state index in [1.165, 1.54) is 19.5 Å². The summed E-state index contributed by atoms with van der Waals surface area (Å²) in [4.78, 5) is 2.57. The molecule has 0 N–H and O–H groups in total. The van der Waals surface area contributed by atoms with Crippen molar-refractivity contribution in [1.82, 2.24) is 4.90 Å². The first-order valence-corrected chi connectivity index (χ1v) is 5.12. The van der Waals surface area contributed by atoms with Gasteiger partial charge in [0.05, 0.1) is 0 Å². The predicted octanol–water partition coefficient (Wildman–Crippen LogP) is 2.29. The Balaban J connectivity index is 2.01. The van der Waals surface area contributed by atoms with E-state index in [1.54, 1.807) is 5.57 Å². The normalized spacial score (nSPS) is 35.8. The zero-order valence-corrected chi connectivity index (χ0v) is 8.38. The second kappa shape index (κ2) is 2.88. The average Bonchev–Trinajstić information content (AvgIpc) is 2.01. The van der Waals surface area contributed by atoms with Crippen LogP contribution >= 0.6 is 0 Å². The molecule has 2 aliphatic rings. The highest BCUT2D eigenvalue weighted by Gasteiger charge is 2.35. The van der Waals surface area contributed by atoms with Crippen LogP contribution in [0.4, 0.5) is 0 Å². The number of nitrogens with zero attached hydrogens (tertiary/aromatic N) is 1. The third kappa shape index (κ3) is 1.20. The van der Waals surface area contributed by atoms with Crippen molar-refractivity contribution in [3.8, 4) is 0 Å². The average molecular weight is 165 g/mol. The van der Waals surface area contributed by atoms with E-state index < -0.39 is 0 Å². The van der Waals surface area contributed by atoms with Crippen molar-refractivity contribution < 1.29 is 0 Å². The maximum atomic E-state index is 2.57. The lowest BCUT2D eigenvalue weighted by Crippen LogP contribution is -2.44. The van der Waals surface area contributed by atoms with Crippen LogP contribution in [0.15, 0.2) is 11.6 Å². The molecular formula is C11H19N. The topological polar surface area (TPSA) is 3.24 Å². The summed E-state index contributed by atoms with van der Waals surface area (Å²) in [5.41, 5.74) is 1.74. The number of hydrogen-bond donors (Lipinski definition) is 0. The molecule has 0 radical (unpaired) electrons. The van der Waals surface area contributed by atoms with Gasteiger partial charge in [0.1, 0.15) is 0 Å². The van der Waals surface area contributed by atoms with Gasteiger partial charge < -0.3 is 0 Å². The van der Waals surface area contributed by atoms with Crippen LogP contribution in [-0.4, -0.2) is 24.0 Å². The summed E-state index contributed by atoms with van der Waals surface area (Å²) in [6.45, 7) is 9.44. The number of hydrogen-bond acceptors (Lipinski definition) is 1. The lowest BCUT2D eigenvalue weighted by atomic mass is 9.69. The van der Waals surface area contributed by atoms with E-state index in [0.29, 0.717) is 0 Å². The Bertz CT molecular complexity index is 205. The number of fused-ring (bicyclic) bond motifs is 1. The summed E-state index contributed by atoms with van der Waals surface area (Å²) in [5, 5.41) is 0. The molecule has 2 rings (SSSR count). The fraction of sp³-hybridized carbons (Fsp3) is 0.818. The minimum atomic E-state index is 0.721. The third-order valence-electron chi connectivity index (χ3n) is 3.43. The molecule has 2 atom stereocenters. The zero-order valence-electron chi connectivity index (χ0n) is 8.38. The first-order valence-electron chi connectivity index (χ1n) is 5.12. The molecule has 68 valence electrons. The Kier molecular flexibility index (Phi) is 1.99. The smallest absolute Gasteiger partial charge is 0.0168 e. The monoisotopic (exact) mass is 165 g/mol. The van der Waals surface area contributed by atoms with Gasteiger partial charge in [-0.05, 0) is 32.1 Å². The molecule has 1 saturated carbocycles. The summed E-state index contributed by atoms with van der Waals surface area (Å²) in [7, 11) is 0. The molecule has 0 aromatic rings. The zero-order chi connectivity index (χ0) is 8.72. The van der Waals surface area contributed by atoms with Gasteiger partial charge in [-0.25, -0.2) is 0 Å². The van der Waals surface area contributed by atoms with E-state index in [4.69, 9.17) is 0 Å². The first-order chi connectivity index (χ1) is 5.68. The van der Waals surface area contributed by atoms with Gasteiger partial charge in [-0.1, -0.05) is 18.6 Å². The second-order valence-electron chi connectivity index (χ2n) is 4.59. The van der Waals surface area contributed by atoms with Crippen molar-refractivity contribution >= 4 is 0 Å². The van der Waals surface area contributed by atoms with Crippen molar-refractivity contribution in [3.05, 3.63) is 11.6 Å². The van der Waals surface area contributed by atoms with Crippen LogP contribution in [0.2, 0.25) is 0 Å². The molecule has 1 aliphatic heterocycles. The van der Waals surface area contributed by atoms with Crippen LogP contribution in [0, 0.1) is 11.8 Å². The van der Waals surface area contributed by atoms with Crippen molar-refractivity contribution in [2.75, 3.05) is 13.1 Å².